The van der Waals surface area contributed by atoms with Gasteiger partial charge < -0.3 is 5.32 Å². The molecular weight excluding hydrogens is 295 g/mol. The van der Waals surface area contributed by atoms with Crippen molar-refractivity contribution in [2.24, 2.45) is 0 Å². The first-order valence-corrected chi connectivity index (χ1v) is 7.56. The molecule has 1 unspecified atom stereocenters. The van der Waals surface area contributed by atoms with Crippen molar-refractivity contribution < 1.29 is 13.2 Å². The minimum atomic E-state index is -0.438. The maximum Gasteiger partial charge on any atom is 0.126 e. The van der Waals surface area contributed by atoms with Crippen molar-refractivity contribution in [1.29, 1.82) is 0 Å². The van der Waals surface area contributed by atoms with Gasteiger partial charge in [0.15, 0.2) is 0 Å². The van der Waals surface area contributed by atoms with Crippen LogP contribution in [-0.4, -0.2) is 18.8 Å². The van der Waals surface area contributed by atoms with Crippen LogP contribution < -0.4 is 5.32 Å². The average molecular weight is 311 g/mol. The number of likely N-dealkylation sites (N-methyl/N-ethyl adjacent to an activating group) is 1. The van der Waals surface area contributed by atoms with Crippen LogP contribution in [0.5, 0.6) is 0 Å². The van der Waals surface area contributed by atoms with E-state index >= 15 is 0 Å². The SMILES string of the molecule is CNC(CSc1ccc(F)cc1)Cc1cc(F)ccc1F. The zero-order valence-corrected chi connectivity index (χ0v) is 12.4. The summed E-state index contributed by atoms with van der Waals surface area (Å²) >= 11 is 1.55. The van der Waals surface area contributed by atoms with Crippen LogP contribution in [0.3, 0.4) is 0 Å². The highest BCUT2D eigenvalue weighted by atomic mass is 32.2. The van der Waals surface area contributed by atoms with E-state index in [-0.39, 0.29) is 11.9 Å². The van der Waals surface area contributed by atoms with Gasteiger partial charge in [-0.1, -0.05) is 0 Å². The van der Waals surface area contributed by atoms with Gasteiger partial charge in [-0.2, -0.15) is 0 Å². The Balaban J connectivity index is 1.96. The standard InChI is InChI=1S/C16H16F3NS/c1-20-14(9-11-8-13(18)4-7-16(11)19)10-21-15-5-2-12(17)3-6-15/h2-8,14,20H,9-10H2,1H3. The van der Waals surface area contributed by atoms with Gasteiger partial charge in [0, 0.05) is 16.7 Å². The molecule has 0 radical (unpaired) electrons. The van der Waals surface area contributed by atoms with Crippen molar-refractivity contribution >= 4 is 11.8 Å². The number of rotatable bonds is 6. The van der Waals surface area contributed by atoms with Gasteiger partial charge in [0.2, 0.25) is 0 Å². The van der Waals surface area contributed by atoms with Crippen molar-refractivity contribution in [2.75, 3.05) is 12.8 Å². The summed E-state index contributed by atoms with van der Waals surface area (Å²) in [6.07, 6.45) is 0.397. The molecule has 0 aliphatic heterocycles. The Morgan fingerprint density at radius 3 is 2.33 bits per heavy atom. The zero-order valence-electron chi connectivity index (χ0n) is 11.6. The molecule has 0 aromatic heterocycles. The van der Waals surface area contributed by atoms with Crippen LogP contribution in [0.25, 0.3) is 0 Å². The molecule has 0 amide bonds. The summed E-state index contributed by atoms with van der Waals surface area (Å²) in [7, 11) is 1.78. The van der Waals surface area contributed by atoms with Gasteiger partial charge in [0.25, 0.3) is 0 Å². The minimum Gasteiger partial charge on any atom is -0.316 e. The Bertz CT molecular complexity index is 587. The number of nitrogens with one attached hydrogen (secondary N) is 1. The van der Waals surface area contributed by atoms with Crippen LogP contribution in [0.1, 0.15) is 5.56 Å². The van der Waals surface area contributed by atoms with Gasteiger partial charge in [-0.3, -0.25) is 0 Å². The monoisotopic (exact) mass is 311 g/mol. The quantitative estimate of drug-likeness (QED) is 0.809. The van der Waals surface area contributed by atoms with E-state index in [1.165, 1.54) is 18.2 Å². The molecule has 0 aliphatic rings. The Morgan fingerprint density at radius 2 is 1.67 bits per heavy atom. The van der Waals surface area contributed by atoms with E-state index in [0.717, 1.165) is 17.0 Å². The van der Waals surface area contributed by atoms with E-state index in [1.807, 2.05) is 0 Å². The Morgan fingerprint density at radius 1 is 1.00 bits per heavy atom. The van der Waals surface area contributed by atoms with Gasteiger partial charge in [-0.25, -0.2) is 13.2 Å². The van der Waals surface area contributed by atoms with E-state index in [1.54, 1.807) is 30.9 Å². The van der Waals surface area contributed by atoms with E-state index in [0.29, 0.717) is 17.7 Å². The molecule has 5 heteroatoms. The maximum atomic E-state index is 13.6. The summed E-state index contributed by atoms with van der Waals surface area (Å²) < 4.78 is 39.6. The van der Waals surface area contributed by atoms with Crippen LogP contribution in [0.15, 0.2) is 47.4 Å². The number of hydrogen-bond acceptors (Lipinski definition) is 2. The molecule has 0 heterocycles. The molecule has 0 saturated heterocycles. The van der Waals surface area contributed by atoms with Gasteiger partial charge >= 0.3 is 0 Å². The second-order valence-electron chi connectivity index (χ2n) is 4.69. The van der Waals surface area contributed by atoms with Crippen LogP contribution >= 0.6 is 11.8 Å². The molecule has 0 spiro atoms. The number of thioether (sulfide) groups is 1. The van der Waals surface area contributed by atoms with Crippen molar-refractivity contribution in [3.8, 4) is 0 Å². The summed E-state index contributed by atoms with van der Waals surface area (Å²) in [4.78, 5) is 0.941. The molecule has 0 aliphatic carbocycles. The Hall–Kier alpha value is -1.46. The maximum absolute atomic E-state index is 13.6. The van der Waals surface area contributed by atoms with Crippen LogP contribution in [0.2, 0.25) is 0 Å². The largest absolute Gasteiger partial charge is 0.316 e. The molecule has 2 aromatic carbocycles. The molecular formula is C16H16F3NS. The fourth-order valence-electron chi connectivity index (χ4n) is 1.94. The highest BCUT2D eigenvalue weighted by Crippen LogP contribution is 2.21. The third kappa shape index (κ3) is 4.79. The third-order valence-corrected chi connectivity index (χ3v) is 4.32. The van der Waals surface area contributed by atoms with Crippen molar-refractivity contribution in [2.45, 2.75) is 17.4 Å². The van der Waals surface area contributed by atoms with E-state index in [4.69, 9.17) is 0 Å². The molecule has 2 rings (SSSR count). The minimum absolute atomic E-state index is 0.00338. The van der Waals surface area contributed by atoms with Crippen molar-refractivity contribution in [3.63, 3.8) is 0 Å². The number of benzene rings is 2. The molecule has 1 atom stereocenters. The second-order valence-corrected chi connectivity index (χ2v) is 5.78. The first-order valence-electron chi connectivity index (χ1n) is 6.58. The molecule has 2 aromatic rings. The molecule has 1 nitrogen and oxygen atoms in total. The van der Waals surface area contributed by atoms with E-state index in [9.17, 15) is 13.2 Å². The Kier molecular flexibility index (Phi) is 5.70. The molecule has 0 fully saturated rings. The summed E-state index contributed by atoms with van der Waals surface area (Å²) in [5.74, 6) is -0.430. The summed E-state index contributed by atoms with van der Waals surface area (Å²) in [6.45, 7) is 0. The van der Waals surface area contributed by atoms with Crippen LogP contribution in [0, 0.1) is 17.5 Å². The first kappa shape index (κ1) is 15.9. The molecule has 0 saturated carbocycles. The third-order valence-electron chi connectivity index (χ3n) is 3.15. The zero-order chi connectivity index (χ0) is 15.2. The lowest BCUT2D eigenvalue weighted by Crippen LogP contribution is -2.30. The number of halogens is 3. The smallest absolute Gasteiger partial charge is 0.126 e. The number of hydrogen-bond donors (Lipinski definition) is 1. The first-order chi connectivity index (χ1) is 10.1. The predicted molar refractivity (Wildman–Crippen MR) is 80.0 cm³/mol. The van der Waals surface area contributed by atoms with Crippen molar-refractivity contribution in [3.05, 3.63) is 65.5 Å². The summed E-state index contributed by atoms with van der Waals surface area (Å²) in [5.41, 5.74) is 0.356. The molecule has 1 N–H and O–H groups in total. The highest BCUT2D eigenvalue weighted by molar-refractivity contribution is 7.99. The summed E-state index contributed by atoms with van der Waals surface area (Å²) in [6, 6.07) is 9.70. The van der Waals surface area contributed by atoms with Gasteiger partial charge in [-0.05, 0) is 61.5 Å². The second kappa shape index (κ2) is 7.52. The lowest BCUT2D eigenvalue weighted by molar-refractivity contribution is 0.555. The molecule has 21 heavy (non-hydrogen) atoms. The lowest BCUT2D eigenvalue weighted by atomic mass is 10.1. The van der Waals surface area contributed by atoms with Gasteiger partial charge in [-0.15, -0.1) is 11.8 Å². The summed E-state index contributed by atoms with van der Waals surface area (Å²) in [5, 5.41) is 3.09. The normalized spacial score (nSPS) is 12.4. The average Bonchev–Trinajstić information content (AvgIpc) is 2.48. The van der Waals surface area contributed by atoms with Crippen LogP contribution in [-0.2, 0) is 6.42 Å². The van der Waals surface area contributed by atoms with Gasteiger partial charge in [0.1, 0.15) is 17.5 Å². The molecule has 112 valence electrons. The highest BCUT2D eigenvalue weighted by Gasteiger charge is 2.12. The fraction of sp³-hybridized carbons (Fsp3) is 0.250. The van der Waals surface area contributed by atoms with E-state index < -0.39 is 11.6 Å². The van der Waals surface area contributed by atoms with Gasteiger partial charge in [0.05, 0.1) is 0 Å². The fourth-order valence-corrected chi connectivity index (χ4v) is 2.94. The molecule has 0 bridgehead atoms. The Labute approximate surface area is 126 Å². The van der Waals surface area contributed by atoms with E-state index in [2.05, 4.69) is 5.32 Å². The van der Waals surface area contributed by atoms with Crippen LogP contribution in [0.4, 0.5) is 13.2 Å². The predicted octanol–water partition coefficient (Wildman–Crippen LogP) is 4.03. The topological polar surface area (TPSA) is 12.0 Å². The van der Waals surface area contributed by atoms with Crippen molar-refractivity contribution in [1.82, 2.24) is 5.32 Å². The lowest BCUT2D eigenvalue weighted by Gasteiger charge is -2.16.